The Morgan fingerprint density at radius 3 is 2.15 bits per heavy atom. The van der Waals surface area contributed by atoms with Gasteiger partial charge < -0.3 is 15.3 Å². The summed E-state index contributed by atoms with van der Waals surface area (Å²) in [5.41, 5.74) is -0.718. The molecule has 1 rings (SSSR count). The van der Waals surface area contributed by atoms with Crippen LogP contribution in [0.3, 0.4) is 0 Å². The zero-order valence-electron chi connectivity index (χ0n) is 8.27. The summed E-state index contributed by atoms with van der Waals surface area (Å²) in [4.78, 5) is 1.89. The molecule has 1 unspecified atom stereocenters. The molecule has 3 atom stereocenters. The summed E-state index contributed by atoms with van der Waals surface area (Å²) < 4.78 is 0. The molecule has 78 valence electrons. The van der Waals surface area contributed by atoms with Crippen LogP contribution in [0.15, 0.2) is 0 Å². The molecular formula is C9H19NO3. The summed E-state index contributed by atoms with van der Waals surface area (Å²) >= 11 is 0. The van der Waals surface area contributed by atoms with E-state index < -0.39 is 17.8 Å². The average Bonchev–Trinajstić information content (AvgIpc) is 2.30. The topological polar surface area (TPSA) is 63.9 Å². The van der Waals surface area contributed by atoms with E-state index in [9.17, 15) is 15.3 Å². The molecule has 0 saturated carbocycles. The Labute approximate surface area is 78.8 Å². The number of β-amino-alcohol motifs (C(OH)–C–C–N with tert-alkyl or cyclic N) is 3. The van der Waals surface area contributed by atoms with Crippen molar-refractivity contribution in [1.82, 2.24) is 4.90 Å². The van der Waals surface area contributed by atoms with E-state index in [1.165, 1.54) is 0 Å². The largest absolute Gasteiger partial charge is 0.389 e. The van der Waals surface area contributed by atoms with Crippen LogP contribution >= 0.6 is 0 Å². The van der Waals surface area contributed by atoms with Crippen molar-refractivity contribution in [3.8, 4) is 0 Å². The van der Waals surface area contributed by atoms with Crippen LogP contribution in [-0.2, 0) is 0 Å². The van der Waals surface area contributed by atoms with Gasteiger partial charge in [0, 0.05) is 19.6 Å². The van der Waals surface area contributed by atoms with Crippen LogP contribution in [0.25, 0.3) is 0 Å². The first-order valence-electron chi connectivity index (χ1n) is 4.75. The van der Waals surface area contributed by atoms with Crippen molar-refractivity contribution in [3.63, 3.8) is 0 Å². The normalized spacial score (nSPS) is 34.8. The lowest BCUT2D eigenvalue weighted by Crippen LogP contribution is -2.39. The number of aliphatic hydroxyl groups excluding tert-OH is 2. The molecular weight excluding hydrogens is 170 g/mol. The summed E-state index contributed by atoms with van der Waals surface area (Å²) in [6, 6.07) is 0. The molecule has 1 fully saturated rings. The molecule has 0 aromatic heterocycles. The first kappa shape index (κ1) is 10.9. The number of likely N-dealkylation sites (tertiary alicyclic amines) is 1. The highest BCUT2D eigenvalue weighted by molar-refractivity contribution is 4.87. The monoisotopic (exact) mass is 189 g/mol. The van der Waals surface area contributed by atoms with Crippen LogP contribution in [0.5, 0.6) is 0 Å². The Morgan fingerprint density at radius 1 is 1.31 bits per heavy atom. The first-order valence-corrected chi connectivity index (χ1v) is 4.75. The quantitative estimate of drug-likeness (QED) is 0.543. The van der Waals surface area contributed by atoms with Crippen molar-refractivity contribution in [1.29, 1.82) is 0 Å². The molecule has 0 amide bonds. The maximum Gasteiger partial charge on any atom is 0.0938 e. The van der Waals surface area contributed by atoms with Crippen LogP contribution in [0, 0.1) is 0 Å². The van der Waals surface area contributed by atoms with Crippen molar-refractivity contribution >= 4 is 0 Å². The van der Waals surface area contributed by atoms with Gasteiger partial charge in [0.1, 0.15) is 0 Å². The third kappa shape index (κ3) is 2.91. The van der Waals surface area contributed by atoms with Crippen molar-refractivity contribution in [2.45, 2.75) is 38.1 Å². The fraction of sp³-hybridized carbons (Fsp3) is 1.00. The van der Waals surface area contributed by atoms with Crippen LogP contribution in [-0.4, -0.2) is 57.7 Å². The van der Waals surface area contributed by atoms with Gasteiger partial charge in [-0.25, -0.2) is 0 Å². The lowest BCUT2D eigenvalue weighted by Gasteiger charge is -2.27. The van der Waals surface area contributed by atoms with Gasteiger partial charge in [0.15, 0.2) is 0 Å². The molecule has 0 aliphatic carbocycles. The van der Waals surface area contributed by atoms with E-state index in [1.807, 2.05) is 11.8 Å². The van der Waals surface area contributed by atoms with Crippen molar-refractivity contribution in [3.05, 3.63) is 0 Å². The molecule has 1 saturated heterocycles. The molecule has 1 aliphatic rings. The van der Waals surface area contributed by atoms with Gasteiger partial charge in [-0.15, -0.1) is 0 Å². The molecule has 0 aromatic rings. The van der Waals surface area contributed by atoms with E-state index in [1.54, 1.807) is 6.92 Å². The van der Waals surface area contributed by atoms with E-state index in [0.29, 0.717) is 26.1 Å². The van der Waals surface area contributed by atoms with E-state index in [4.69, 9.17) is 0 Å². The van der Waals surface area contributed by atoms with Crippen LogP contribution in [0.4, 0.5) is 0 Å². The lowest BCUT2D eigenvalue weighted by atomic mass is 10.0. The Morgan fingerprint density at radius 2 is 1.77 bits per heavy atom. The second-order valence-electron chi connectivity index (χ2n) is 4.18. The van der Waals surface area contributed by atoms with Gasteiger partial charge in [0.05, 0.1) is 17.8 Å². The third-order valence-corrected chi connectivity index (χ3v) is 2.66. The molecule has 0 spiro atoms. The SMILES string of the molecule is CCC(C)(O)CN1C[C@@H](O)[C@@H](O)C1. The van der Waals surface area contributed by atoms with E-state index in [0.717, 1.165) is 0 Å². The van der Waals surface area contributed by atoms with E-state index >= 15 is 0 Å². The highest BCUT2D eigenvalue weighted by Crippen LogP contribution is 2.16. The minimum atomic E-state index is -0.718. The minimum Gasteiger partial charge on any atom is -0.389 e. The highest BCUT2D eigenvalue weighted by Gasteiger charge is 2.32. The van der Waals surface area contributed by atoms with Gasteiger partial charge in [-0.3, -0.25) is 4.90 Å². The molecule has 0 aromatic carbocycles. The molecule has 0 radical (unpaired) electrons. The Balaban J connectivity index is 2.40. The summed E-state index contributed by atoms with van der Waals surface area (Å²) in [6.45, 7) is 5.11. The fourth-order valence-electron chi connectivity index (χ4n) is 1.57. The van der Waals surface area contributed by atoms with E-state index in [2.05, 4.69) is 0 Å². The standard InChI is InChI=1S/C9H19NO3/c1-3-9(2,13)6-10-4-7(11)8(12)5-10/h7-8,11-13H,3-6H2,1-2H3/t7-,8+,9?. The Kier molecular flexibility index (Phi) is 3.29. The number of nitrogens with zero attached hydrogens (tertiary/aromatic N) is 1. The van der Waals surface area contributed by atoms with Crippen LogP contribution < -0.4 is 0 Å². The number of aliphatic hydroxyl groups is 3. The fourth-order valence-corrected chi connectivity index (χ4v) is 1.57. The second-order valence-corrected chi connectivity index (χ2v) is 4.18. The summed E-state index contributed by atoms with van der Waals surface area (Å²) in [7, 11) is 0. The first-order chi connectivity index (χ1) is 5.94. The van der Waals surface area contributed by atoms with Gasteiger partial charge >= 0.3 is 0 Å². The van der Waals surface area contributed by atoms with Crippen LogP contribution in [0.2, 0.25) is 0 Å². The van der Waals surface area contributed by atoms with Crippen molar-refractivity contribution in [2.75, 3.05) is 19.6 Å². The summed E-state index contributed by atoms with van der Waals surface area (Å²) in [6.07, 6.45) is -0.643. The second kappa shape index (κ2) is 3.92. The Bertz CT molecular complexity index is 162. The van der Waals surface area contributed by atoms with Crippen molar-refractivity contribution < 1.29 is 15.3 Å². The van der Waals surface area contributed by atoms with Gasteiger partial charge in [-0.05, 0) is 13.3 Å². The lowest BCUT2D eigenvalue weighted by molar-refractivity contribution is 0.0194. The van der Waals surface area contributed by atoms with Gasteiger partial charge in [0.2, 0.25) is 0 Å². The zero-order valence-corrected chi connectivity index (χ0v) is 8.27. The molecule has 3 N–H and O–H groups in total. The predicted molar refractivity (Wildman–Crippen MR) is 49.4 cm³/mol. The van der Waals surface area contributed by atoms with E-state index in [-0.39, 0.29) is 0 Å². The van der Waals surface area contributed by atoms with Gasteiger partial charge in [-0.2, -0.15) is 0 Å². The maximum absolute atomic E-state index is 9.75. The third-order valence-electron chi connectivity index (χ3n) is 2.66. The predicted octanol–water partition coefficient (Wildman–Crippen LogP) is -0.815. The molecule has 1 heterocycles. The van der Waals surface area contributed by atoms with Crippen LogP contribution in [0.1, 0.15) is 20.3 Å². The zero-order chi connectivity index (χ0) is 10.1. The Hall–Kier alpha value is -0.160. The van der Waals surface area contributed by atoms with Crippen molar-refractivity contribution in [2.24, 2.45) is 0 Å². The molecule has 1 aliphatic heterocycles. The highest BCUT2D eigenvalue weighted by atomic mass is 16.3. The smallest absolute Gasteiger partial charge is 0.0938 e. The number of rotatable bonds is 3. The maximum atomic E-state index is 9.75. The molecule has 0 bridgehead atoms. The molecule has 4 heteroatoms. The summed E-state index contributed by atoms with van der Waals surface area (Å²) in [5, 5.41) is 28.3. The average molecular weight is 189 g/mol. The van der Waals surface area contributed by atoms with Gasteiger partial charge in [0.25, 0.3) is 0 Å². The molecule has 13 heavy (non-hydrogen) atoms. The summed E-state index contributed by atoms with van der Waals surface area (Å²) in [5.74, 6) is 0. The van der Waals surface area contributed by atoms with Gasteiger partial charge in [-0.1, -0.05) is 6.92 Å². The number of hydrogen-bond donors (Lipinski definition) is 3. The minimum absolute atomic E-state index is 0.456. The molecule has 4 nitrogen and oxygen atoms in total. The number of hydrogen-bond acceptors (Lipinski definition) is 4.